The molecular weight excluding hydrogens is 514 g/mol. The minimum absolute atomic E-state index is 0.177. The highest BCUT2D eigenvalue weighted by atomic mass is 16.5. The van der Waals surface area contributed by atoms with E-state index in [4.69, 9.17) is 14.2 Å². The standard InChI is InChI=1S/C35H37NO5/c1-3-39-35(38)32(22-27-13-7-4-8-14-27)36-34(37)21-26(2)31-20-19-30(40-24-28-15-9-5-10-16-28)23-33(31)41-25-29-17-11-6-12-18-29/h4-20,23,26,32H,3,21-22,24-25H2,1-2H3,(H,36,37)/t26?,32-/m1/s1. The molecule has 4 rings (SSSR count). The summed E-state index contributed by atoms with van der Waals surface area (Å²) in [5.41, 5.74) is 3.94. The molecule has 4 aromatic rings. The van der Waals surface area contributed by atoms with Crippen molar-refractivity contribution < 1.29 is 23.8 Å². The van der Waals surface area contributed by atoms with E-state index in [0.717, 1.165) is 22.3 Å². The predicted octanol–water partition coefficient (Wildman–Crippen LogP) is 6.63. The first-order valence-corrected chi connectivity index (χ1v) is 14.0. The zero-order valence-electron chi connectivity index (χ0n) is 23.6. The van der Waals surface area contributed by atoms with Crippen molar-refractivity contribution in [3.05, 3.63) is 131 Å². The summed E-state index contributed by atoms with van der Waals surface area (Å²) in [7, 11) is 0. The Kier molecular flexibility index (Phi) is 11.0. The molecule has 0 spiro atoms. The first kappa shape index (κ1) is 29.4. The molecule has 6 nitrogen and oxygen atoms in total. The van der Waals surface area contributed by atoms with Crippen LogP contribution in [-0.2, 0) is 34.0 Å². The Morgan fingerprint density at radius 3 is 1.88 bits per heavy atom. The molecule has 0 radical (unpaired) electrons. The van der Waals surface area contributed by atoms with Crippen LogP contribution in [0.2, 0.25) is 0 Å². The maximum absolute atomic E-state index is 13.2. The zero-order chi connectivity index (χ0) is 28.9. The Morgan fingerprint density at radius 2 is 1.29 bits per heavy atom. The molecule has 2 atom stereocenters. The molecule has 0 bridgehead atoms. The number of amides is 1. The summed E-state index contributed by atoms with van der Waals surface area (Å²) in [6, 6.07) is 34.5. The van der Waals surface area contributed by atoms with Gasteiger partial charge in [0, 0.05) is 18.9 Å². The van der Waals surface area contributed by atoms with Gasteiger partial charge in [0.05, 0.1) is 6.61 Å². The van der Waals surface area contributed by atoms with Crippen LogP contribution in [0.4, 0.5) is 0 Å². The van der Waals surface area contributed by atoms with Crippen LogP contribution in [0.15, 0.2) is 109 Å². The Morgan fingerprint density at radius 1 is 0.732 bits per heavy atom. The van der Waals surface area contributed by atoms with Crippen LogP contribution in [0, 0.1) is 0 Å². The van der Waals surface area contributed by atoms with Gasteiger partial charge in [0.25, 0.3) is 0 Å². The third-order valence-electron chi connectivity index (χ3n) is 6.68. The van der Waals surface area contributed by atoms with Gasteiger partial charge in [-0.3, -0.25) is 4.79 Å². The largest absolute Gasteiger partial charge is 0.489 e. The van der Waals surface area contributed by atoms with E-state index >= 15 is 0 Å². The third-order valence-corrected chi connectivity index (χ3v) is 6.68. The molecule has 0 aliphatic carbocycles. The van der Waals surface area contributed by atoms with Crippen LogP contribution in [-0.4, -0.2) is 24.5 Å². The minimum atomic E-state index is -0.764. The van der Waals surface area contributed by atoms with Crippen molar-refractivity contribution in [2.75, 3.05) is 6.61 Å². The highest BCUT2D eigenvalue weighted by Gasteiger charge is 2.24. The quantitative estimate of drug-likeness (QED) is 0.178. The summed E-state index contributed by atoms with van der Waals surface area (Å²) >= 11 is 0. The molecule has 6 heteroatoms. The molecule has 41 heavy (non-hydrogen) atoms. The monoisotopic (exact) mass is 551 g/mol. The van der Waals surface area contributed by atoms with Crippen LogP contribution >= 0.6 is 0 Å². The van der Waals surface area contributed by atoms with Crippen LogP contribution in [0.3, 0.4) is 0 Å². The van der Waals surface area contributed by atoms with E-state index in [1.807, 2.05) is 116 Å². The lowest BCUT2D eigenvalue weighted by Crippen LogP contribution is -2.43. The maximum Gasteiger partial charge on any atom is 0.328 e. The van der Waals surface area contributed by atoms with E-state index in [9.17, 15) is 9.59 Å². The van der Waals surface area contributed by atoms with Gasteiger partial charge >= 0.3 is 5.97 Å². The molecule has 0 aliphatic rings. The molecule has 212 valence electrons. The molecule has 4 aromatic carbocycles. The molecule has 1 unspecified atom stereocenters. The zero-order valence-corrected chi connectivity index (χ0v) is 23.6. The molecule has 0 saturated carbocycles. The van der Waals surface area contributed by atoms with Gasteiger partial charge in [-0.25, -0.2) is 4.79 Å². The predicted molar refractivity (Wildman–Crippen MR) is 160 cm³/mol. The molecule has 0 fully saturated rings. The Hall–Kier alpha value is -4.58. The second-order valence-electron chi connectivity index (χ2n) is 9.92. The molecule has 0 aliphatic heterocycles. The smallest absolute Gasteiger partial charge is 0.328 e. The number of benzene rings is 4. The Bertz CT molecular complexity index is 1380. The summed E-state index contributed by atoms with van der Waals surface area (Å²) < 4.78 is 17.6. The molecule has 0 saturated heterocycles. The number of rotatable bonds is 14. The average molecular weight is 552 g/mol. The average Bonchev–Trinajstić information content (AvgIpc) is 3.00. The fraction of sp³-hybridized carbons (Fsp3) is 0.257. The van der Waals surface area contributed by atoms with Gasteiger partial charge in [0.15, 0.2) is 0 Å². The number of ether oxygens (including phenoxy) is 3. The summed E-state index contributed by atoms with van der Waals surface area (Å²) in [5.74, 6) is 0.492. The molecule has 0 heterocycles. The fourth-order valence-electron chi connectivity index (χ4n) is 4.54. The lowest BCUT2D eigenvalue weighted by atomic mass is 9.95. The number of hydrogen-bond donors (Lipinski definition) is 1. The van der Waals surface area contributed by atoms with E-state index in [0.29, 0.717) is 31.1 Å². The van der Waals surface area contributed by atoms with Crippen molar-refractivity contribution in [2.45, 2.75) is 51.9 Å². The molecule has 0 aromatic heterocycles. The topological polar surface area (TPSA) is 73.9 Å². The van der Waals surface area contributed by atoms with Crippen molar-refractivity contribution in [1.82, 2.24) is 5.32 Å². The molecular formula is C35H37NO5. The van der Waals surface area contributed by atoms with Gasteiger partial charge in [0.2, 0.25) is 5.91 Å². The van der Waals surface area contributed by atoms with Crippen LogP contribution in [0.1, 0.15) is 48.4 Å². The Labute approximate surface area is 242 Å². The van der Waals surface area contributed by atoms with Gasteiger partial charge in [-0.1, -0.05) is 104 Å². The normalized spacial score (nSPS) is 12.1. The van der Waals surface area contributed by atoms with Crippen LogP contribution in [0.5, 0.6) is 11.5 Å². The van der Waals surface area contributed by atoms with E-state index in [2.05, 4.69) is 5.32 Å². The SMILES string of the molecule is CCOC(=O)[C@@H](Cc1ccccc1)NC(=O)CC(C)c1ccc(OCc2ccccc2)cc1OCc1ccccc1. The highest BCUT2D eigenvalue weighted by Crippen LogP contribution is 2.33. The lowest BCUT2D eigenvalue weighted by Gasteiger charge is -2.21. The second-order valence-corrected chi connectivity index (χ2v) is 9.92. The lowest BCUT2D eigenvalue weighted by molar-refractivity contribution is -0.147. The first-order valence-electron chi connectivity index (χ1n) is 14.0. The summed E-state index contributed by atoms with van der Waals surface area (Å²) in [5, 5.41) is 2.90. The van der Waals surface area contributed by atoms with Crippen LogP contribution in [0.25, 0.3) is 0 Å². The van der Waals surface area contributed by atoms with Gasteiger partial charge in [0.1, 0.15) is 30.8 Å². The van der Waals surface area contributed by atoms with Gasteiger partial charge in [-0.05, 0) is 41.2 Å². The van der Waals surface area contributed by atoms with Crippen molar-refractivity contribution in [2.24, 2.45) is 0 Å². The maximum atomic E-state index is 13.2. The number of hydrogen-bond acceptors (Lipinski definition) is 5. The van der Waals surface area contributed by atoms with E-state index in [1.54, 1.807) is 6.92 Å². The molecule has 1 N–H and O–H groups in total. The van der Waals surface area contributed by atoms with Crippen molar-refractivity contribution in [1.29, 1.82) is 0 Å². The number of esters is 1. The number of carbonyl (C=O) groups is 2. The van der Waals surface area contributed by atoms with Gasteiger partial charge in [-0.15, -0.1) is 0 Å². The van der Waals surface area contributed by atoms with Crippen molar-refractivity contribution >= 4 is 11.9 Å². The van der Waals surface area contributed by atoms with Crippen molar-refractivity contribution in [3.63, 3.8) is 0 Å². The van der Waals surface area contributed by atoms with E-state index < -0.39 is 12.0 Å². The first-order chi connectivity index (χ1) is 20.0. The van der Waals surface area contributed by atoms with Crippen molar-refractivity contribution in [3.8, 4) is 11.5 Å². The summed E-state index contributed by atoms with van der Waals surface area (Å²) in [6.07, 6.45) is 0.537. The fourth-order valence-corrected chi connectivity index (χ4v) is 4.54. The number of carbonyl (C=O) groups excluding carboxylic acids is 2. The highest BCUT2D eigenvalue weighted by molar-refractivity contribution is 5.85. The van der Waals surface area contributed by atoms with Crippen LogP contribution < -0.4 is 14.8 Å². The van der Waals surface area contributed by atoms with E-state index in [-0.39, 0.29) is 24.9 Å². The Balaban J connectivity index is 1.47. The van der Waals surface area contributed by atoms with Gasteiger partial charge < -0.3 is 19.5 Å². The molecule has 1 amide bonds. The summed E-state index contributed by atoms with van der Waals surface area (Å²) in [4.78, 5) is 25.8. The second kappa shape index (κ2) is 15.3. The van der Waals surface area contributed by atoms with Gasteiger partial charge in [-0.2, -0.15) is 0 Å². The number of nitrogens with one attached hydrogen (secondary N) is 1. The van der Waals surface area contributed by atoms with E-state index in [1.165, 1.54) is 0 Å². The summed E-state index contributed by atoms with van der Waals surface area (Å²) in [6.45, 7) is 4.80. The third kappa shape index (κ3) is 9.24. The minimum Gasteiger partial charge on any atom is -0.489 e.